The van der Waals surface area contributed by atoms with Gasteiger partial charge in [-0.15, -0.1) is 0 Å². The second-order valence-electron chi connectivity index (χ2n) is 4.93. The first-order chi connectivity index (χ1) is 9.08. The number of anilines is 1. The summed E-state index contributed by atoms with van der Waals surface area (Å²) in [5.41, 5.74) is 3.71. The van der Waals surface area contributed by atoms with Crippen LogP contribution in [0.2, 0.25) is 0 Å². The van der Waals surface area contributed by atoms with Gasteiger partial charge in [0.15, 0.2) is 0 Å². The van der Waals surface area contributed by atoms with E-state index in [1.165, 1.54) is 23.7 Å². The van der Waals surface area contributed by atoms with Gasteiger partial charge in [0.25, 0.3) is 0 Å². The van der Waals surface area contributed by atoms with Crippen molar-refractivity contribution < 1.29 is 15.0 Å². The molecule has 0 aromatic heterocycles. The summed E-state index contributed by atoms with van der Waals surface area (Å²) >= 11 is 0. The summed E-state index contributed by atoms with van der Waals surface area (Å²) in [6.45, 7) is 3.00. The molecule has 1 aliphatic heterocycles. The Labute approximate surface area is 112 Å². The summed E-state index contributed by atoms with van der Waals surface area (Å²) < 4.78 is 0. The van der Waals surface area contributed by atoms with Crippen molar-refractivity contribution in [3.63, 3.8) is 0 Å². The maximum Gasteiger partial charge on any atom is 0.323 e. The molecule has 2 atom stereocenters. The Morgan fingerprint density at radius 3 is 3.00 bits per heavy atom. The minimum absolute atomic E-state index is 0.536. The Morgan fingerprint density at radius 2 is 2.32 bits per heavy atom. The maximum absolute atomic E-state index is 10.9. The van der Waals surface area contributed by atoms with Crippen LogP contribution in [0.1, 0.15) is 18.1 Å². The third kappa shape index (κ3) is 3.45. The Kier molecular flexibility index (Phi) is 4.39. The molecule has 5 heteroatoms. The molecule has 0 aliphatic carbocycles. The summed E-state index contributed by atoms with van der Waals surface area (Å²) in [6.07, 6.45) is 0.896. The van der Waals surface area contributed by atoms with E-state index in [0.717, 1.165) is 19.4 Å². The lowest BCUT2D eigenvalue weighted by molar-refractivity contribution is -0.142. The van der Waals surface area contributed by atoms with Crippen molar-refractivity contribution in [2.45, 2.75) is 31.9 Å². The summed E-state index contributed by atoms with van der Waals surface area (Å²) in [5.74, 6) is -1.02. The molecule has 19 heavy (non-hydrogen) atoms. The molecular formula is C14H20N2O3. The second-order valence-corrected chi connectivity index (χ2v) is 4.93. The van der Waals surface area contributed by atoms with E-state index >= 15 is 0 Å². The van der Waals surface area contributed by atoms with Crippen molar-refractivity contribution in [1.82, 2.24) is 5.32 Å². The van der Waals surface area contributed by atoms with Gasteiger partial charge in [-0.3, -0.25) is 4.79 Å². The minimum atomic E-state index is -1.02. The number of rotatable bonds is 6. The van der Waals surface area contributed by atoms with Crippen LogP contribution in [0.5, 0.6) is 0 Å². The largest absolute Gasteiger partial charge is 0.480 e. The highest BCUT2D eigenvalue weighted by Gasteiger charge is 2.21. The first-order valence-electron chi connectivity index (χ1n) is 6.58. The lowest BCUT2D eigenvalue weighted by Gasteiger charge is -2.17. The number of nitrogens with one attached hydrogen (secondary N) is 2. The highest BCUT2D eigenvalue weighted by atomic mass is 16.4. The summed E-state index contributed by atoms with van der Waals surface area (Å²) in [6, 6.07) is 5.38. The van der Waals surface area contributed by atoms with E-state index in [9.17, 15) is 9.90 Å². The van der Waals surface area contributed by atoms with Gasteiger partial charge in [0.1, 0.15) is 6.04 Å². The van der Waals surface area contributed by atoms with Gasteiger partial charge in [0.05, 0.1) is 6.10 Å². The Morgan fingerprint density at radius 1 is 1.53 bits per heavy atom. The van der Waals surface area contributed by atoms with E-state index in [1.807, 2.05) is 0 Å². The van der Waals surface area contributed by atoms with Crippen LogP contribution in [0.15, 0.2) is 18.2 Å². The number of aliphatic hydroxyl groups excluding tert-OH is 1. The molecule has 104 valence electrons. The van der Waals surface area contributed by atoms with E-state index in [0.29, 0.717) is 6.54 Å². The molecule has 0 fully saturated rings. The van der Waals surface area contributed by atoms with E-state index in [-0.39, 0.29) is 0 Å². The molecule has 0 amide bonds. The van der Waals surface area contributed by atoms with Crippen molar-refractivity contribution in [1.29, 1.82) is 0 Å². The van der Waals surface area contributed by atoms with Gasteiger partial charge in [-0.1, -0.05) is 12.1 Å². The molecular weight excluding hydrogens is 244 g/mol. The first-order valence-corrected chi connectivity index (χ1v) is 6.58. The monoisotopic (exact) mass is 264 g/mol. The quantitative estimate of drug-likeness (QED) is 0.605. The lowest BCUT2D eigenvalue weighted by Crippen LogP contribution is -2.45. The average Bonchev–Trinajstić information content (AvgIpc) is 2.80. The summed E-state index contributed by atoms with van der Waals surface area (Å²) in [7, 11) is 0. The van der Waals surface area contributed by atoms with E-state index in [2.05, 4.69) is 28.8 Å². The fourth-order valence-electron chi connectivity index (χ4n) is 2.35. The van der Waals surface area contributed by atoms with E-state index < -0.39 is 18.1 Å². The second kappa shape index (κ2) is 6.04. The number of hydrogen-bond donors (Lipinski definition) is 4. The molecule has 5 nitrogen and oxygen atoms in total. The standard InChI is InChI=1S/C14H20N2O3/c1-9(17)13(14(18)19)16-6-4-10-2-3-12-11(8-10)5-7-15-12/h2-3,8-9,13,15-17H,4-7H2,1H3,(H,18,19). The van der Waals surface area contributed by atoms with Gasteiger partial charge in [-0.2, -0.15) is 0 Å². The van der Waals surface area contributed by atoms with Crippen LogP contribution in [0.4, 0.5) is 5.69 Å². The zero-order chi connectivity index (χ0) is 13.8. The molecule has 2 unspecified atom stereocenters. The number of carboxylic acids is 1. The molecule has 0 saturated heterocycles. The normalized spacial score (nSPS) is 16.5. The third-order valence-corrected chi connectivity index (χ3v) is 3.41. The molecule has 0 radical (unpaired) electrons. The number of benzene rings is 1. The first kappa shape index (κ1) is 13.8. The smallest absolute Gasteiger partial charge is 0.323 e. The summed E-state index contributed by atoms with van der Waals surface area (Å²) in [5, 5.41) is 24.5. The number of fused-ring (bicyclic) bond motifs is 1. The fourth-order valence-corrected chi connectivity index (χ4v) is 2.35. The van der Waals surface area contributed by atoms with E-state index in [4.69, 9.17) is 5.11 Å². The number of carboxylic acid groups (broad SMARTS) is 1. The summed E-state index contributed by atoms with van der Waals surface area (Å²) in [4.78, 5) is 10.9. The van der Waals surface area contributed by atoms with Crippen LogP contribution in [-0.4, -0.2) is 41.4 Å². The van der Waals surface area contributed by atoms with Crippen LogP contribution in [0, 0.1) is 0 Å². The molecule has 0 saturated carbocycles. The lowest BCUT2D eigenvalue weighted by atomic mass is 10.1. The predicted molar refractivity (Wildman–Crippen MR) is 73.4 cm³/mol. The van der Waals surface area contributed by atoms with Crippen molar-refractivity contribution >= 4 is 11.7 Å². The predicted octanol–water partition coefficient (Wildman–Crippen LogP) is 0.621. The van der Waals surface area contributed by atoms with Crippen molar-refractivity contribution in [3.05, 3.63) is 29.3 Å². The highest BCUT2D eigenvalue weighted by molar-refractivity contribution is 5.74. The average molecular weight is 264 g/mol. The Bertz CT molecular complexity index is 460. The van der Waals surface area contributed by atoms with Crippen LogP contribution in [0.25, 0.3) is 0 Å². The number of hydrogen-bond acceptors (Lipinski definition) is 4. The van der Waals surface area contributed by atoms with Crippen molar-refractivity contribution in [2.24, 2.45) is 0 Å². The molecule has 4 N–H and O–H groups in total. The zero-order valence-corrected chi connectivity index (χ0v) is 11.0. The number of aliphatic carboxylic acids is 1. The molecule has 0 bridgehead atoms. The van der Waals surface area contributed by atoms with Gasteiger partial charge in [0.2, 0.25) is 0 Å². The number of carbonyl (C=O) groups is 1. The van der Waals surface area contributed by atoms with E-state index in [1.54, 1.807) is 0 Å². The van der Waals surface area contributed by atoms with Gasteiger partial charge in [-0.05, 0) is 37.0 Å². The van der Waals surface area contributed by atoms with Crippen LogP contribution in [-0.2, 0) is 17.6 Å². The van der Waals surface area contributed by atoms with Crippen LogP contribution < -0.4 is 10.6 Å². The fraction of sp³-hybridized carbons (Fsp3) is 0.500. The van der Waals surface area contributed by atoms with Crippen molar-refractivity contribution in [2.75, 3.05) is 18.4 Å². The van der Waals surface area contributed by atoms with Gasteiger partial charge in [0, 0.05) is 18.8 Å². The number of aliphatic hydroxyl groups is 1. The Hall–Kier alpha value is -1.59. The molecule has 1 aliphatic rings. The zero-order valence-electron chi connectivity index (χ0n) is 11.0. The minimum Gasteiger partial charge on any atom is -0.480 e. The van der Waals surface area contributed by atoms with Crippen LogP contribution in [0.3, 0.4) is 0 Å². The third-order valence-electron chi connectivity index (χ3n) is 3.41. The SMILES string of the molecule is CC(O)C(NCCc1ccc2c(c1)CCN2)C(=O)O. The molecule has 0 spiro atoms. The van der Waals surface area contributed by atoms with Crippen LogP contribution >= 0.6 is 0 Å². The Balaban J connectivity index is 1.87. The van der Waals surface area contributed by atoms with Gasteiger partial charge in [-0.25, -0.2) is 0 Å². The highest BCUT2D eigenvalue weighted by Crippen LogP contribution is 2.23. The van der Waals surface area contributed by atoms with Gasteiger partial charge >= 0.3 is 5.97 Å². The molecule has 2 rings (SSSR count). The molecule has 1 aromatic carbocycles. The van der Waals surface area contributed by atoms with Gasteiger partial charge < -0.3 is 20.8 Å². The maximum atomic E-state index is 10.9. The topological polar surface area (TPSA) is 81.6 Å². The van der Waals surface area contributed by atoms with Crippen molar-refractivity contribution in [3.8, 4) is 0 Å². The molecule has 1 aromatic rings. The molecule has 1 heterocycles.